The van der Waals surface area contributed by atoms with Gasteiger partial charge in [0.1, 0.15) is 5.75 Å². The van der Waals surface area contributed by atoms with Crippen molar-refractivity contribution in [2.24, 2.45) is 5.92 Å². The van der Waals surface area contributed by atoms with Gasteiger partial charge in [0.2, 0.25) is 0 Å². The van der Waals surface area contributed by atoms with E-state index < -0.39 is 0 Å². The van der Waals surface area contributed by atoms with Crippen molar-refractivity contribution in [1.29, 1.82) is 0 Å². The van der Waals surface area contributed by atoms with Gasteiger partial charge in [-0.05, 0) is 42.2 Å². The Labute approximate surface area is 165 Å². The maximum Gasteiger partial charge on any atom is 0.309 e. The summed E-state index contributed by atoms with van der Waals surface area (Å²) in [6, 6.07) is 28.0. The minimum absolute atomic E-state index is 0.0584. The Morgan fingerprint density at radius 1 is 0.929 bits per heavy atom. The van der Waals surface area contributed by atoms with E-state index in [0.717, 1.165) is 5.56 Å². The first-order valence-electron chi connectivity index (χ1n) is 9.73. The molecule has 28 heavy (non-hydrogen) atoms. The Morgan fingerprint density at radius 2 is 1.46 bits per heavy atom. The van der Waals surface area contributed by atoms with Gasteiger partial charge in [-0.25, -0.2) is 0 Å². The molecular formula is C25H24O3. The molecule has 0 heterocycles. The second-order valence-electron chi connectivity index (χ2n) is 7.34. The Balaban J connectivity index is 1.89. The van der Waals surface area contributed by atoms with Crippen LogP contribution in [0.4, 0.5) is 0 Å². The Kier molecular flexibility index (Phi) is 4.91. The fourth-order valence-electron chi connectivity index (χ4n) is 4.67. The molecule has 0 amide bonds. The third kappa shape index (κ3) is 2.97. The molecule has 1 saturated carbocycles. The van der Waals surface area contributed by atoms with Crippen LogP contribution in [0.25, 0.3) is 0 Å². The van der Waals surface area contributed by atoms with Gasteiger partial charge in [-0.2, -0.15) is 0 Å². The Hall–Kier alpha value is -3.07. The molecular weight excluding hydrogens is 348 g/mol. The molecule has 0 radical (unpaired) electrons. The van der Waals surface area contributed by atoms with Gasteiger partial charge in [0.25, 0.3) is 0 Å². The summed E-state index contributed by atoms with van der Waals surface area (Å²) in [5.41, 5.74) is 3.12. The van der Waals surface area contributed by atoms with E-state index in [0.29, 0.717) is 13.0 Å². The van der Waals surface area contributed by atoms with Crippen LogP contribution >= 0.6 is 0 Å². The highest BCUT2D eigenvalue weighted by molar-refractivity contribution is 5.78. The van der Waals surface area contributed by atoms with E-state index in [4.69, 9.17) is 4.74 Å². The topological polar surface area (TPSA) is 46.5 Å². The summed E-state index contributed by atoms with van der Waals surface area (Å²) in [5, 5.41) is 9.76. The molecule has 3 aromatic rings. The zero-order valence-corrected chi connectivity index (χ0v) is 15.9. The van der Waals surface area contributed by atoms with Crippen molar-refractivity contribution in [2.75, 3.05) is 6.61 Å². The number of phenolic OH excluding ortho intramolecular Hbond substituents is 1. The lowest BCUT2D eigenvalue weighted by Crippen LogP contribution is -2.53. The van der Waals surface area contributed by atoms with Gasteiger partial charge >= 0.3 is 5.97 Å². The Bertz CT molecular complexity index is 893. The highest BCUT2D eigenvalue weighted by Crippen LogP contribution is 2.62. The second-order valence-corrected chi connectivity index (χ2v) is 7.34. The fraction of sp³-hybridized carbons (Fsp3) is 0.240. The van der Waals surface area contributed by atoms with Crippen LogP contribution in [0.3, 0.4) is 0 Å². The first-order chi connectivity index (χ1) is 13.7. The number of carbonyl (C=O) groups excluding carboxylic acids is 1. The van der Waals surface area contributed by atoms with Gasteiger partial charge in [0.15, 0.2) is 0 Å². The van der Waals surface area contributed by atoms with Crippen LogP contribution in [-0.2, 0) is 14.9 Å². The van der Waals surface area contributed by atoms with E-state index in [-0.39, 0.29) is 29.0 Å². The number of phenols is 1. The van der Waals surface area contributed by atoms with Crippen LogP contribution in [0.1, 0.15) is 36.0 Å². The van der Waals surface area contributed by atoms with Crippen molar-refractivity contribution in [2.45, 2.75) is 24.7 Å². The molecule has 3 heteroatoms. The molecule has 1 aliphatic rings. The van der Waals surface area contributed by atoms with Crippen LogP contribution in [0, 0.1) is 5.92 Å². The number of carbonyl (C=O) groups is 1. The fourth-order valence-corrected chi connectivity index (χ4v) is 4.67. The van der Waals surface area contributed by atoms with E-state index in [1.54, 1.807) is 12.1 Å². The van der Waals surface area contributed by atoms with Gasteiger partial charge in [-0.3, -0.25) is 4.79 Å². The third-order valence-electron chi connectivity index (χ3n) is 5.89. The van der Waals surface area contributed by atoms with Crippen molar-refractivity contribution < 1.29 is 14.6 Å². The second kappa shape index (κ2) is 7.51. The van der Waals surface area contributed by atoms with E-state index in [1.807, 2.05) is 55.5 Å². The summed E-state index contributed by atoms with van der Waals surface area (Å²) in [4.78, 5) is 12.8. The standard InChI is InChI=1S/C25H24O3/c1-2-28-24(27)22-17-25(19-9-5-3-6-10-19,20-11-7-4-8-12-20)23(22)18-13-15-21(26)16-14-18/h3-16,22-23,26H,2,17H2,1H3/t22?,23-/m0/s1. The summed E-state index contributed by atoms with van der Waals surface area (Å²) < 4.78 is 5.40. The zero-order valence-electron chi connectivity index (χ0n) is 15.9. The number of hydrogen-bond donors (Lipinski definition) is 1. The lowest BCUT2D eigenvalue weighted by atomic mass is 9.47. The quantitative estimate of drug-likeness (QED) is 0.638. The largest absolute Gasteiger partial charge is 0.508 e. The highest BCUT2D eigenvalue weighted by Gasteiger charge is 2.59. The lowest BCUT2D eigenvalue weighted by molar-refractivity contribution is -0.154. The van der Waals surface area contributed by atoms with Crippen LogP contribution in [0.2, 0.25) is 0 Å². The minimum atomic E-state index is -0.309. The Morgan fingerprint density at radius 3 is 1.96 bits per heavy atom. The monoisotopic (exact) mass is 372 g/mol. The zero-order chi connectivity index (χ0) is 19.6. The van der Waals surface area contributed by atoms with Crippen LogP contribution in [-0.4, -0.2) is 17.7 Å². The molecule has 0 saturated heterocycles. The highest BCUT2D eigenvalue weighted by atomic mass is 16.5. The van der Waals surface area contributed by atoms with Gasteiger partial charge in [-0.1, -0.05) is 72.8 Å². The molecule has 0 aliphatic heterocycles. The molecule has 142 valence electrons. The normalized spacial score (nSPS) is 20.2. The molecule has 0 bridgehead atoms. The molecule has 1 aliphatic carbocycles. The predicted molar refractivity (Wildman–Crippen MR) is 109 cm³/mol. The number of hydrogen-bond acceptors (Lipinski definition) is 3. The molecule has 0 spiro atoms. The molecule has 2 atom stereocenters. The van der Waals surface area contributed by atoms with Gasteiger partial charge in [0.05, 0.1) is 12.5 Å². The van der Waals surface area contributed by atoms with Crippen molar-refractivity contribution >= 4 is 5.97 Å². The maximum atomic E-state index is 12.8. The van der Waals surface area contributed by atoms with E-state index >= 15 is 0 Å². The van der Waals surface area contributed by atoms with Gasteiger partial charge in [-0.15, -0.1) is 0 Å². The smallest absolute Gasteiger partial charge is 0.309 e. The summed E-state index contributed by atoms with van der Waals surface area (Å²) in [7, 11) is 0. The molecule has 4 rings (SSSR count). The molecule has 3 aromatic carbocycles. The lowest BCUT2D eigenvalue weighted by Gasteiger charge is -2.55. The van der Waals surface area contributed by atoms with E-state index in [9.17, 15) is 9.90 Å². The number of aromatic hydroxyl groups is 1. The van der Waals surface area contributed by atoms with Crippen molar-refractivity contribution in [3.05, 3.63) is 102 Å². The SMILES string of the molecule is CCOC(=O)C1CC(c2ccccc2)(c2ccccc2)[C@H]1c1ccc(O)cc1. The minimum Gasteiger partial charge on any atom is -0.508 e. The first kappa shape index (κ1) is 18.3. The number of ether oxygens (including phenoxy) is 1. The third-order valence-corrected chi connectivity index (χ3v) is 5.89. The first-order valence-corrected chi connectivity index (χ1v) is 9.73. The average Bonchev–Trinajstić information content (AvgIpc) is 2.71. The van der Waals surface area contributed by atoms with Crippen molar-refractivity contribution in [1.82, 2.24) is 0 Å². The van der Waals surface area contributed by atoms with Crippen molar-refractivity contribution in [3.63, 3.8) is 0 Å². The van der Waals surface area contributed by atoms with Gasteiger partial charge in [0, 0.05) is 11.3 Å². The number of rotatable bonds is 5. The summed E-state index contributed by atoms with van der Waals surface area (Å²) in [5.74, 6) is -0.203. The van der Waals surface area contributed by atoms with Crippen LogP contribution in [0.15, 0.2) is 84.9 Å². The van der Waals surface area contributed by atoms with Crippen LogP contribution < -0.4 is 0 Å². The summed E-state index contributed by atoms with van der Waals surface area (Å²) in [6.45, 7) is 2.22. The maximum absolute atomic E-state index is 12.8. The van der Waals surface area contributed by atoms with E-state index in [2.05, 4.69) is 24.3 Å². The molecule has 0 aromatic heterocycles. The molecule has 1 fully saturated rings. The summed E-state index contributed by atoms with van der Waals surface area (Å²) >= 11 is 0. The van der Waals surface area contributed by atoms with Crippen LogP contribution in [0.5, 0.6) is 5.75 Å². The molecule has 1 N–H and O–H groups in total. The molecule has 1 unspecified atom stereocenters. The number of benzene rings is 3. The predicted octanol–water partition coefficient (Wildman–Crippen LogP) is 5.05. The molecule has 3 nitrogen and oxygen atoms in total. The van der Waals surface area contributed by atoms with Gasteiger partial charge < -0.3 is 9.84 Å². The average molecular weight is 372 g/mol. The number of esters is 1. The van der Waals surface area contributed by atoms with Crippen molar-refractivity contribution in [3.8, 4) is 5.75 Å². The van der Waals surface area contributed by atoms with E-state index in [1.165, 1.54) is 11.1 Å². The summed E-state index contributed by atoms with van der Waals surface area (Å²) in [6.07, 6.45) is 0.700.